The molecule has 0 bridgehead atoms. The van der Waals surface area contributed by atoms with Crippen LogP contribution in [0.5, 0.6) is 0 Å². The molecule has 1 aliphatic heterocycles. The smallest absolute Gasteiger partial charge is 0.251 e. The number of aromatic nitrogens is 2. The van der Waals surface area contributed by atoms with Gasteiger partial charge in [0.25, 0.3) is 5.91 Å². The average molecular weight is 314 g/mol. The van der Waals surface area contributed by atoms with E-state index in [2.05, 4.69) is 34.0 Å². The predicted octanol–water partition coefficient (Wildman–Crippen LogP) is 2.80. The van der Waals surface area contributed by atoms with E-state index >= 15 is 0 Å². The zero-order valence-corrected chi connectivity index (χ0v) is 14.0. The van der Waals surface area contributed by atoms with Crippen molar-refractivity contribution in [2.45, 2.75) is 39.2 Å². The molecule has 1 amide bonds. The second-order valence-electron chi connectivity index (χ2n) is 6.78. The summed E-state index contributed by atoms with van der Waals surface area (Å²) in [5.74, 6) is 0.694. The summed E-state index contributed by atoms with van der Waals surface area (Å²) in [7, 11) is 0. The number of rotatable bonds is 5. The fourth-order valence-electron chi connectivity index (χ4n) is 3.37. The van der Waals surface area contributed by atoms with Crippen LogP contribution in [-0.2, 0) is 0 Å². The molecule has 0 unspecified atom stereocenters. The van der Waals surface area contributed by atoms with E-state index in [1.54, 1.807) is 6.33 Å². The Morgan fingerprint density at radius 3 is 3.17 bits per heavy atom. The molecule has 1 atom stereocenters. The minimum atomic E-state index is -0.00183. The predicted molar refractivity (Wildman–Crippen MR) is 92.5 cm³/mol. The van der Waals surface area contributed by atoms with Crippen LogP contribution in [0.3, 0.4) is 0 Å². The van der Waals surface area contributed by atoms with Crippen molar-refractivity contribution in [2.24, 2.45) is 5.92 Å². The van der Waals surface area contributed by atoms with Gasteiger partial charge in [-0.1, -0.05) is 0 Å². The standard InChI is InChI=1S/C18H26N4O/c1-13(2)22-9-3-4-14(11-22)7-8-19-18(23)15-5-6-16-17(10-15)21-12-20-16/h5-6,10,12-14H,3-4,7-9,11H2,1-2H3,(H,19,23)(H,20,21)/t14-/m0/s1. The van der Waals surface area contributed by atoms with Gasteiger partial charge in [-0.15, -0.1) is 0 Å². The third kappa shape index (κ3) is 3.91. The highest BCUT2D eigenvalue weighted by atomic mass is 16.1. The molecule has 1 aliphatic rings. The van der Waals surface area contributed by atoms with Crippen molar-refractivity contribution in [3.63, 3.8) is 0 Å². The molecule has 2 heterocycles. The fourth-order valence-corrected chi connectivity index (χ4v) is 3.37. The minimum absolute atomic E-state index is 0.00183. The van der Waals surface area contributed by atoms with Crippen molar-refractivity contribution in [3.8, 4) is 0 Å². The Hall–Kier alpha value is -1.88. The van der Waals surface area contributed by atoms with E-state index in [1.807, 2.05) is 18.2 Å². The number of fused-ring (bicyclic) bond motifs is 1. The summed E-state index contributed by atoms with van der Waals surface area (Å²) >= 11 is 0. The number of nitrogens with zero attached hydrogens (tertiary/aromatic N) is 2. The molecule has 5 nitrogen and oxygen atoms in total. The first-order valence-electron chi connectivity index (χ1n) is 8.59. The summed E-state index contributed by atoms with van der Waals surface area (Å²) in [4.78, 5) is 22.0. The number of H-pyrrole nitrogens is 1. The van der Waals surface area contributed by atoms with Gasteiger partial charge in [0.15, 0.2) is 0 Å². The van der Waals surface area contributed by atoms with Crippen LogP contribution in [0.1, 0.15) is 43.5 Å². The topological polar surface area (TPSA) is 61.0 Å². The molecule has 1 aromatic heterocycles. The van der Waals surface area contributed by atoms with E-state index in [9.17, 15) is 4.79 Å². The number of carbonyl (C=O) groups excluding carboxylic acids is 1. The molecule has 1 aromatic carbocycles. The second-order valence-corrected chi connectivity index (χ2v) is 6.78. The molecule has 0 spiro atoms. The van der Waals surface area contributed by atoms with Crippen LogP contribution in [0.4, 0.5) is 0 Å². The van der Waals surface area contributed by atoms with Crippen LogP contribution in [-0.4, -0.2) is 46.5 Å². The van der Waals surface area contributed by atoms with Gasteiger partial charge in [-0.2, -0.15) is 0 Å². The first-order valence-corrected chi connectivity index (χ1v) is 8.59. The first-order chi connectivity index (χ1) is 11.1. The summed E-state index contributed by atoms with van der Waals surface area (Å²) in [6.45, 7) is 7.64. The molecular weight excluding hydrogens is 288 g/mol. The van der Waals surface area contributed by atoms with Gasteiger partial charge >= 0.3 is 0 Å². The normalized spacial score (nSPS) is 19.3. The summed E-state index contributed by atoms with van der Waals surface area (Å²) in [5, 5.41) is 3.06. The average Bonchev–Trinajstić information content (AvgIpc) is 3.02. The van der Waals surface area contributed by atoms with Crippen molar-refractivity contribution in [3.05, 3.63) is 30.1 Å². The second kappa shape index (κ2) is 7.13. The number of nitrogens with one attached hydrogen (secondary N) is 2. The van der Waals surface area contributed by atoms with E-state index in [-0.39, 0.29) is 5.91 Å². The maximum atomic E-state index is 12.3. The molecule has 0 saturated carbocycles. The maximum Gasteiger partial charge on any atom is 0.251 e. The van der Waals surface area contributed by atoms with Crippen molar-refractivity contribution < 1.29 is 4.79 Å². The lowest BCUT2D eigenvalue weighted by Gasteiger charge is -2.35. The fraction of sp³-hybridized carbons (Fsp3) is 0.556. The largest absolute Gasteiger partial charge is 0.352 e. The van der Waals surface area contributed by atoms with Gasteiger partial charge in [0, 0.05) is 24.7 Å². The van der Waals surface area contributed by atoms with Crippen molar-refractivity contribution in [2.75, 3.05) is 19.6 Å². The van der Waals surface area contributed by atoms with E-state index < -0.39 is 0 Å². The third-order valence-electron chi connectivity index (χ3n) is 4.80. The van der Waals surface area contributed by atoms with Gasteiger partial charge in [-0.05, 0) is 63.8 Å². The molecule has 2 aromatic rings. The monoisotopic (exact) mass is 314 g/mol. The van der Waals surface area contributed by atoms with E-state index in [0.29, 0.717) is 17.5 Å². The van der Waals surface area contributed by atoms with Gasteiger partial charge < -0.3 is 15.2 Å². The Bertz CT molecular complexity index is 664. The minimum Gasteiger partial charge on any atom is -0.352 e. The van der Waals surface area contributed by atoms with Crippen molar-refractivity contribution in [1.82, 2.24) is 20.2 Å². The Morgan fingerprint density at radius 1 is 1.48 bits per heavy atom. The Kier molecular flexibility index (Phi) is 4.96. The molecule has 1 saturated heterocycles. The number of hydrogen-bond acceptors (Lipinski definition) is 3. The zero-order chi connectivity index (χ0) is 16.2. The van der Waals surface area contributed by atoms with Crippen LogP contribution < -0.4 is 5.32 Å². The number of likely N-dealkylation sites (tertiary alicyclic amines) is 1. The quantitative estimate of drug-likeness (QED) is 0.892. The van der Waals surface area contributed by atoms with Crippen LogP contribution in [0.15, 0.2) is 24.5 Å². The molecule has 124 valence electrons. The number of benzene rings is 1. The summed E-state index contributed by atoms with van der Waals surface area (Å²) in [6, 6.07) is 6.19. The van der Waals surface area contributed by atoms with Gasteiger partial charge in [-0.25, -0.2) is 4.98 Å². The van der Waals surface area contributed by atoms with Crippen LogP contribution in [0.25, 0.3) is 11.0 Å². The number of piperidine rings is 1. The molecule has 0 aliphatic carbocycles. The molecule has 0 radical (unpaired) electrons. The van der Waals surface area contributed by atoms with Crippen molar-refractivity contribution in [1.29, 1.82) is 0 Å². The molecule has 3 rings (SSSR count). The molecule has 2 N–H and O–H groups in total. The Morgan fingerprint density at radius 2 is 2.35 bits per heavy atom. The highest BCUT2D eigenvalue weighted by Gasteiger charge is 2.21. The van der Waals surface area contributed by atoms with E-state index in [1.165, 1.54) is 19.4 Å². The summed E-state index contributed by atoms with van der Waals surface area (Å²) < 4.78 is 0. The molecule has 23 heavy (non-hydrogen) atoms. The highest BCUT2D eigenvalue weighted by molar-refractivity contribution is 5.97. The van der Waals surface area contributed by atoms with Gasteiger partial charge in [0.1, 0.15) is 0 Å². The molecule has 5 heteroatoms. The Labute approximate surface area is 137 Å². The first kappa shape index (κ1) is 16.0. The van der Waals surface area contributed by atoms with Crippen LogP contribution in [0.2, 0.25) is 0 Å². The van der Waals surface area contributed by atoms with E-state index in [0.717, 1.165) is 30.5 Å². The highest BCUT2D eigenvalue weighted by Crippen LogP contribution is 2.20. The number of hydrogen-bond donors (Lipinski definition) is 2. The van der Waals surface area contributed by atoms with Gasteiger partial charge in [0.2, 0.25) is 0 Å². The third-order valence-corrected chi connectivity index (χ3v) is 4.80. The summed E-state index contributed by atoms with van der Waals surface area (Å²) in [6.07, 6.45) is 5.25. The Balaban J connectivity index is 1.49. The zero-order valence-electron chi connectivity index (χ0n) is 14.0. The van der Waals surface area contributed by atoms with Gasteiger partial charge in [0.05, 0.1) is 17.4 Å². The lowest BCUT2D eigenvalue weighted by molar-refractivity contribution is 0.0943. The van der Waals surface area contributed by atoms with E-state index in [4.69, 9.17) is 0 Å². The SMILES string of the molecule is CC(C)N1CCC[C@@H](CCNC(=O)c2ccc3nc[nH]c3c2)C1. The van der Waals surface area contributed by atoms with Crippen molar-refractivity contribution >= 4 is 16.9 Å². The molecular formula is C18H26N4O. The van der Waals surface area contributed by atoms with Crippen LogP contribution in [0, 0.1) is 5.92 Å². The number of imidazole rings is 1. The summed E-state index contributed by atoms with van der Waals surface area (Å²) in [5.41, 5.74) is 2.48. The molecule has 1 fully saturated rings. The van der Waals surface area contributed by atoms with Gasteiger partial charge in [-0.3, -0.25) is 4.79 Å². The lowest BCUT2D eigenvalue weighted by Crippen LogP contribution is -2.40. The number of amides is 1. The maximum absolute atomic E-state index is 12.3. The van der Waals surface area contributed by atoms with Crippen LogP contribution >= 0.6 is 0 Å². The number of aromatic amines is 1. The number of carbonyl (C=O) groups is 1. The lowest BCUT2D eigenvalue weighted by atomic mass is 9.94.